The van der Waals surface area contributed by atoms with E-state index in [1.807, 2.05) is 32.0 Å². The van der Waals surface area contributed by atoms with Crippen molar-refractivity contribution in [3.05, 3.63) is 39.8 Å². The Balaban J connectivity index is 2.04. The molecular weight excluding hydrogens is 218 g/mol. The van der Waals surface area contributed by atoms with Crippen molar-refractivity contribution in [1.29, 1.82) is 0 Å². The number of nitrogens with zero attached hydrogens (tertiary/aromatic N) is 1. The number of hydrogen-bond acceptors (Lipinski definition) is 4. The molecule has 1 aromatic carbocycles. The zero-order chi connectivity index (χ0) is 11.5. The van der Waals surface area contributed by atoms with Crippen LogP contribution in [-0.2, 0) is 6.54 Å². The van der Waals surface area contributed by atoms with Gasteiger partial charge in [-0.25, -0.2) is 4.98 Å². The minimum Gasteiger partial charge on any atom is -0.399 e. The summed E-state index contributed by atoms with van der Waals surface area (Å²) in [6.07, 6.45) is 0. The molecule has 1 heterocycles. The maximum atomic E-state index is 5.70. The average Bonchev–Trinajstić information content (AvgIpc) is 2.63. The molecule has 84 valence electrons. The van der Waals surface area contributed by atoms with E-state index in [2.05, 4.69) is 15.7 Å². The molecule has 0 radical (unpaired) electrons. The third-order valence-electron chi connectivity index (χ3n) is 2.38. The molecule has 0 aliphatic heterocycles. The van der Waals surface area contributed by atoms with Gasteiger partial charge in [-0.3, -0.25) is 0 Å². The van der Waals surface area contributed by atoms with Crippen LogP contribution in [0.4, 0.5) is 11.4 Å². The SMILES string of the molecule is Cc1nc(CNc2ccc(N)cc2C)cs1. The number of nitrogens with two attached hydrogens (primary N) is 1. The summed E-state index contributed by atoms with van der Waals surface area (Å²) in [7, 11) is 0. The molecule has 0 aliphatic carbocycles. The molecule has 0 amide bonds. The number of aryl methyl sites for hydroxylation is 2. The van der Waals surface area contributed by atoms with E-state index in [-0.39, 0.29) is 0 Å². The average molecular weight is 233 g/mol. The van der Waals surface area contributed by atoms with Gasteiger partial charge < -0.3 is 11.1 Å². The number of aromatic nitrogens is 1. The van der Waals surface area contributed by atoms with E-state index in [9.17, 15) is 0 Å². The van der Waals surface area contributed by atoms with Crippen LogP contribution in [0.2, 0.25) is 0 Å². The van der Waals surface area contributed by atoms with Crippen LogP contribution in [-0.4, -0.2) is 4.98 Å². The van der Waals surface area contributed by atoms with Crippen LogP contribution < -0.4 is 11.1 Å². The monoisotopic (exact) mass is 233 g/mol. The van der Waals surface area contributed by atoms with Gasteiger partial charge in [-0.15, -0.1) is 11.3 Å². The zero-order valence-electron chi connectivity index (χ0n) is 9.45. The molecule has 3 nitrogen and oxygen atoms in total. The lowest BCUT2D eigenvalue weighted by Crippen LogP contribution is -2.01. The zero-order valence-corrected chi connectivity index (χ0v) is 10.3. The fourth-order valence-corrected chi connectivity index (χ4v) is 2.17. The van der Waals surface area contributed by atoms with Crippen LogP contribution in [0.25, 0.3) is 0 Å². The van der Waals surface area contributed by atoms with Gasteiger partial charge in [0.05, 0.1) is 17.2 Å². The summed E-state index contributed by atoms with van der Waals surface area (Å²) in [5.41, 5.74) is 9.85. The second kappa shape index (κ2) is 4.53. The summed E-state index contributed by atoms with van der Waals surface area (Å²) in [6.45, 7) is 4.82. The highest BCUT2D eigenvalue weighted by molar-refractivity contribution is 7.09. The van der Waals surface area contributed by atoms with Crippen molar-refractivity contribution in [1.82, 2.24) is 4.98 Å². The Morgan fingerprint density at radius 1 is 1.38 bits per heavy atom. The summed E-state index contributed by atoms with van der Waals surface area (Å²) >= 11 is 1.68. The minimum absolute atomic E-state index is 0.759. The van der Waals surface area contributed by atoms with Gasteiger partial charge in [-0.1, -0.05) is 0 Å². The van der Waals surface area contributed by atoms with Crippen LogP contribution in [0.5, 0.6) is 0 Å². The first-order valence-corrected chi connectivity index (χ1v) is 6.04. The predicted molar refractivity (Wildman–Crippen MR) is 69.8 cm³/mol. The molecule has 0 saturated carbocycles. The Morgan fingerprint density at radius 2 is 2.19 bits per heavy atom. The Hall–Kier alpha value is -1.55. The highest BCUT2D eigenvalue weighted by atomic mass is 32.1. The maximum Gasteiger partial charge on any atom is 0.0898 e. The van der Waals surface area contributed by atoms with Gasteiger partial charge in [0.2, 0.25) is 0 Å². The van der Waals surface area contributed by atoms with Gasteiger partial charge in [0.15, 0.2) is 0 Å². The maximum absolute atomic E-state index is 5.70. The van der Waals surface area contributed by atoms with E-state index in [1.54, 1.807) is 11.3 Å². The highest BCUT2D eigenvalue weighted by Gasteiger charge is 2.00. The van der Waals surface area contributed by atoms with Crippen molar-refractivity contribution in [2.75, 3.05) is 11.1 Å². The Bertz CT molecular complexity index is 491. The second-order valence-corrected chi connectivity index (χ2v) is 4.85. The van der Waals surface area contributed by atoms with E-state index in [0.717, 1.165) is 34.2 Å². The molecule has 2 aromatic rings. The minimum atomic E-state index is 0.759. The molecule has 4 heteroatoms. The first-order valence-electron chi connectivity index (χ1n) is 5.16. The lowest BCUT2D eigenvalue weighted by Gasteiger charge is -2.08. The van der Waals surface area contributed by atoms with Crippen molar-refractivity contribution >= 4 is 22.7 Å². The van der Waals surface area contributed by atoms with E-state index in [0.29, 0.717) is 0 Å². The van der Waals surface area contributed by atoms with E-state index >= 15 is 0 Å². The Labute approximate surface area is 99.3 Å². The second-order valence-electron chi connectivity index (χ2n) is 3.79. The largest absolute Gasteiger partial charge is 0.399 e. The van der Waals surface area contributed by atoms with E-state index < -0.39 is 0 Å². The fourth-order valence-electron chi connectivity index (χ4n) is 1.56. The highest BCUT2D eigenvalue weighted by Crippen LogP contribution is 2.18. The van der Waals surface area contributed by atoms with E-state index in [1.165, 1.54) is 0 Å². The first kappa shape index (κ1) is 11.0. The number of rotatable bonds is 3. The van der Waals surface area contributed by atoms with Crippen molar-refractivity contribution in [3.8, 4) is 0 Å². The molecule has 0 unspecified atom stereocenters. The fraction of sp³-hybridized carbons (Fsp3) is 0.250. The van der Waals surface area contributed by atoms with Gasteiger partial charge >= 0.3 is 0 Å². The number of hydrogen-bond donors (Lipinski definition) is 2. The standard InChI is InChI=1S/C12H15N3S/c1-8-5-10(13)3-4-12(8)14-6-11-7-16-9(2)15-11/h3-5,7,14H,6,13H2,1-2H3. The summed E-state index contributed by atoms with van der Waals surface area (Å²) < 4.78 is 0. The van der Waals surface area contributed by atoms with Crippen molar-refractivity contribution in [2.45, 2.75) is 20.4 Å². The Morgan fingerprint density at radius 3 is 2.81 bits per heavy atom. The normalized spacial score (nSPS) is 10.4. The van der Waals surface area contributed by atoms with Crippen molar-refractivity contribution in [3.63, 3.8) is 0 Å². The molecule has 0 saturated heterocycles. The third-order valence-corrected chi connectivity index (χ3v) is 3.20. The smallest absolute Gasteiger partial charge is 0.0898 e. The summed E-state index contributed by atoms with van der Waals surface area (Å²) in [6, 6.07) is 5.88. The molecule has 2 rings (SSSR count). The molecule has 0 atom stereocenters. The van der Waals surface area contributed by atoms with Crippen LogP contribution in [0.1, 0.15) is 16.3 Å². The van der Waals surface area contributed by atoms with Crippen LogP contribution >= 0.6 is 11.3 Å². The Kier molecular flexibility index (Phi) is 3.10. The predicted octanol–water partition coefficient (Wildman–Crippen LogP) is 2.95. The van der Waals surface area contributed by atoms with Gasteiger partial charge in [0.25, 0.3) is 0 Å². The van der Waals surface area contributed by atoms with Gasteiger partial charge in [0.1, 0.15) is 0 Å². The number of thiazole rings is 1. The topological polar surface area (TPSA) is 50.9 Å². The quantitative estimate of drug-likeness (QED) is 0.801. The number of nitrogens with one attached hydrogen (secondary N) is 1. The molecule has 3 N–H and O–H groups in total. The van der Waals surface area contributed by atoms with Crippen molar-refractivity contribution < 1.29 is 0 Å². The summed E-state index contributed by atoms with van der Waals surface area (Å²) in [4.78, 5) is 4.40. The summed E-state index contributed by atoms with van der Waals surface area (Å²) in [5.74, 6) is 0. The number of nitrogen functional groups attached to an aromatic ring is 1. The molecule has 16 heavy (non-hydrogen) atoms. The third kappa shape index (κ3) is 2.52. The molecule has 0 bridgehead atoms. The van der Waals surface area contributed by atoms with Crippen molar-refractivity contribution in [2.24, 2.45) is 0 Å². The molecule has 1 aromatic heterocycles. The number of benzene rings is 1. The van der Waals surface area contributed by atoms with E-state index in [4.69, 9.17) is 5.73 Å². The first-order chi connectivity index (χ1) is 7.65. The molecule has 0 spiro atoms. The van der Waals surface area contributed by atoms with Crippen LogP contribution in [0, 0.1) is 13.8 Å². The number of anilines is 2. The summed E-state index contributed by atoms with van der Waals surface area (Å²) in [5, 5.41) is 6.54. The lowest BCUT2D eigenvalue weighted by molar-refractivity contribution is 1.05. The molecule has 0 aliphatic rings. The van der Waals surface area contributed by atoms with Gasteiger partial charge in [-0.2, -0.15) is 0 Å². The van der Waals surface area contributed by atoms with Gasteiger partial charge in [-0.05, 0) is 37.6 Å². The molecular formula is C12H15N3S. The van der Waals surface area contributed by atoms with Crippen LogP contribution in [0.3, 0.4) is 0 Å². The van der Waals surface area contributed by atoms with Crippen LogP contribution in [0.15, 0.2) is 23.6 Å². The van der Waals surface area contributed by atoms with Gasteiger partial charge in [0, 0.05) is 16.8 Å². The lowest BCUT2D eigenvalue weighted by atomic mass is 10.2. The molecule has 0 fully saturated rings.